The molecule has 0 aliphatic rings. The van der Waals surface area contributed by atoms with Gasteiger partial charge in [0, 0.05) is 67.0 Å². The molecule has 0 N–H and O–H groups in total. The highest BCUT2D eigenvalue weighted by Crippen LogP contribution is 2.47. The van der Waals surface area contributed by atoms with Crippen LogP contribution in [-0.2, 0) is 0 Å². The van der Waals surface area contributed by atoms with Crippen LogP contribution in [0.2, 0.25) is 0 Å². The number of anilines is 6. The molecular formula is C120H84N4. The first-order valence-electron chi connectivity index (χ1n) is 46.7. The Morgan fingerprint density at radius 3 is 0.863 bits per heavy atom. The molecule has 4 nitrogen and oxygen atoms in total. The molecule has 584 valence electrons. The summed E-state index contributed by atoms with van der Waals surface area (Å²) in [7, 11) is 0. The maximum atomic E-state index is 8.91. The van der Waals surface area contributed by atoms with Gasteiger partial charge in [-0.1, -0.05) is 382 Å². The van der Waals surface area contributed by atoms with E-state index in [0.717, 1.165) is 167 Å². The smallest absolute Gasteiger partial charge is 0.0645 e. The van der Waals surface area contributed by atoms with Crippen molar-refractivity contribution in [1.82, 2.24) is 9.13 Å². The number of hydrogen-bond acceptors (Lipinski definition) is 2. The molecule has 0 fully saturated rings. The van der Waals surface area contributed by atoms with Crippen LogP contribution in [0.15, 0.2) is 509 Å². The fourth-order valence-electron chi connectivity index (χ4n) is 17.6. The van der Waals surface area contributed by atoms with Gasteiger partial charge in [-0.3, -0.25) is 0 Å². The number of rotatable bonds is 18. The van der Waals surface area contributed by atoms with Gasteiger partial charge in [0.2, 0.25) is 0 Å². The van der Waals surface area contributed by atoms with Crippen molar-refractivity contribution in [3.05, 3.63) is 509 Å². The Bertz CT molecular complexity index is 8070. The number of benzene rings is 20. The largest absolute Gasteiger partial charge is 0.310 e. The van der Waals surface area contributed by atoms with E-state index in [1.165, 1.54) is 5.39 Å². The zero-order valence-electron chi connectivity index (χ0n) is 77.5. The number of fused-ring (bicyclic) bond motifs is 6. The molecule has 0 aliphatic carbocycles. The Morgan fingerprint density at radius 2 is 0.435 bits per heavy atom. The molecule has 20 aromatic carbocycles. The maximum absolute atomic E-state index is 8.91. The topological polar surface area (TPSA) is 16.3 Å². The Hall–Kier alpha value is -16.4. The van der Waals surface area contributed by atoms with Crippen LogP contribution in [0.3, 0.4) is 0 Å². The molecule has 2 aromatic heterocycles. The summed E-state index contributed by atoms with van der Waals surface area (Å²) in [5.74, 6) is 0. The van der Waals surface area contributed by atoms with E-state index in [1.807, 2.05) is 103 Å². The molecule has 124 heavy (non-hydrogen) atoms. The van der Waals surface area contributed by atoms with Crippen molar-refractivity contribution in [2.45, 2.75) is 0 Å². The van der Waals surface area contributed by atoms with Crippen molar-refractivity contribution < 1.29 is 13.7 Å². The van der Waals surface area contributed by atoms with Gasteiger partial charge in [0.15, 0.2) is 0 Å². The van der Waals surface area contributed by atoms with Gasteiger partial charge < -0.3 is 18.9 Å². The van der Waals surface area contributed by atoms with Gasteiger partial charge in [0.1, 0.15) is 0 Å². The summed E-state index contributed by atoms with van der Waals surface area (Å²) in [5, 5.41) is 4.57. The first-order chi connectivity index (χ1) is 65.7. The van der Waals surface area contributed by atoms with Crippen molar-refractivity contribution in [2.75, 3.05) is 9.80 Å². The number of para-hydroxylation sites is 4. The summed E-state index contributed by atoms with van der Waals surface area (Å²) in [6.07, 6.45) is 0. The van der Waals surface area contributed by atoms with E-state index in [-0.39, 0.29) is 59.6 Å². The third-order valence-electron chi connectivity index (χ3n) is 23.3. The Morgan fingerprint density at radius 1 is 0.153 bits per heavy atom. The SMILES string of the molecule is [2H]c1c([2H])c([2H])c(-c2ccccc2-c2cccc(-n3c4ccccc4c4ccc(-c5ccccc5-c5cccc(N(c6cccc(-c7ccccc7)c6)c6cccc(-c7ccccc7)c6)c5)cc43)c2)c([2H])c1[2H].[2H]c1c([2H])c([2H])c(N(c2ccccc2)c2cccc(-c3ccccc3-c3ccc4c5ccccc5n(-c5cc(-c6ccccc6)cc(-c6ccccc6)c5)c4c3)c2)c([2H])c1[2H]. The lowest BCUT2D eigenvalue weighted by Gasteiger charge is -2.27. The Labute approximate surface area is 738 Å². The first-order valence-corrected chi connectivity index (χ1v) is 41.7. The van der Waals surface area contributed by atoms with E-state index in [2.05, 4.69) is 360 Å². The summed E-state index contributed by atoms with van der Waals surface area (Å²) >= 11 is 0. The monoisotopic (exact) mass is 1590 g/mol. The highest BCUT2D eigenvalue weighted by Gasteiger charge is 2.23. The Kier molecular flexibility index (Phi) is 17.6. The van der Waals surface area contributed by atoms with Crippen LogP contribution in [0.4, 0.5) is 34.1 Å². The lowest BCUT2D eigenvalue weighted by atomic mass is 9.93. The molecular weight excluding hydrogens is 1500 g/mol. The van der Waals surface area contributed by atoms with Crippen LogP contribution < -0.4 is 9.80 Å². The van der Waals surface area contributed by atoms with Crippen LogP contribution in [0, 0.1) is 0 Å². The second-order valence-corrected chi connectivity index (χ2v) is 30.8. The quantitative estimate of drug-likeness (QED) is 0.0851. The third kappa shape index (κ3) is 14.9. The average molecular weight is 1590 g/mol. The molecule has 0 amide bonds. The number of aromatic nitrogens is 2. The molecule has 0 aliphatic heterocycles. The standard InChI is InChI=1S/C66H46N2.C54H38N2/c1-4-20-47(21-5-1)50-26-16-30-55(42-50)67(56-31-17-27-51(43-56)48-22-6-2-7-23-48)57-32-18-28-52(44-57)61-36-12-13-37-62(61)54-40-41-64-63-38-14-15-39-65(63)68(66(64)46-54)58-33-19-29-53(45-58)60-35-11-10-34-59(60)49-24-8-3-9-25-49;1-5-18-39(19-6-1)43-34-44(40-20-7-2-8-21-40)37-48(36-43)56-53-31-16-15-30-51(53)52-33-32-42(38-54(52)56)50-29-14-13-28-49(50)41-22-17-27-47(35-41)55(45-23-9-3-10-24-45)46-25-11-4-12-26-46/h1-46H;1-38H/i3D,8D,9D,24D,25D;3D,9D,10D,23D,24D. The van der Waals surface area contributed by atoms with Gasteiger partial charge in [0.25, 0.3) is 0 Å². The van der Waals surface area contributed by atoms with Crippen molar-refractivity contribution in [3.8, 4) is 123 Å². The van der Waals surface area contributed by atoms with Gasteiger partial charge >= 0.3 is 0 Å². The van der Waals surface area contributed by atoms with Crippen molar-refractivity contribution >= 4 is 77.7 Å². The molecule has 0 saturated heterocycles. The summed E-state index contributed by atoms with van der Waals surface area (Å²) in [5.41, 5.74) is 30.8. The molecule has 0 unspecified atom stereocenters. The fourth-order valence-corrected chi connectivity index (χ4v) is 17.6. The van der Waals surface area contributed by atoms with Gasteiger partial charge in [-0.2, -0.15) is 0 Å². The molecule has 22 aromatic rings. The zero-order chi connectivity index (χ0) is 91.2. The van der Waals surface area contributed by atoms with Crippen LogP contribution in [0.1, 0.15) is 13.7 Å². The normalized spacial score (nSPS) is 12.4. The molecule has 0 radical (unpaired) electrons. The highest BCUT2D eigenvalue weighted by molar-refractivity contribution is 6.12. The minimum Gasteiger partial charge on any atom is -0.310 e. The highest BCUT2D eigenvalue weighted by atomic mass is 15.1. The molecule has 4 heteroatoms. The van der Waals surface area contributed by atoms with Gasteiger partial charge in [0.05, 0.1) is 35.8 Å². The van der Waals surface area contributed by atoms with Crippen LogP contribution in [0.25, 0.3) is 166 Å². The molecule has 0 spiro atoms. The van der Waals surface area contributed by atoms with E-state index in [1.54, 1.807) is 4.90 Å². The number of hydrogen-bond donors (Lipinski definition) is 0. The minimum atomic E-state index is -0.425. The van der Waals surface area contributed by atoms with Crippen LogP contribution >= 0.6 is 0 Å². The predicted octanol–water partition coefficient (Wildman–Crippen LogP) is 33.2. The van der Waals surface area contributed by atoms with Crippen LogP contribution in [0.5, 0.6) is 0 Å². The number of nitrogens with zero attached hydrogens (tertiary/aromatic N) is 4. The summed E-state index contributed by atoms with van der Waals surface area (Å²) < 4.78 is 90.4. The first kappa shape index (κ1) is 64.6. The maximum Gasteiger partial charge on any atom is 0.0645 e. The third-order valence-corrected chi connectivity index (χ3v) is 23.3. The predicted molar refractivity (Wildman–Crippen MR) is 525 cm³/mol. The summed E-state index contributed by atoms with van der Waals surface area (Å²) in [6.45, 7) is 0. The van der Waals surface area contributed by atoms with E-state index < -0.39 is 12.1 Å². The second kappa shape index (κ2) is 33.8. The van der Waals surface area contributed by atoms with E-state index >= 15 is 0 Å². The lowest BCUT2D eigenvalue weighted by Crippen LogP contribution is -2.10. The zero-order valence-corrected chi connectivity index (χ0v) is 67.5. The summed E-state index contributed by atoms with van der Waals surface area (Å²) in [6, 6.07) is 153. The van der Waals surface area contributed by atoms with E-state index in [0.29, 0.717) is 16.9 Å². The summed E-state index contributed by atoms with van der Waals surface area (Å²) in [4.78, 5) is 4.11. The van der Waals surface area contributed by atoms with Crippen LogP contribution in [-0.4, -0.2) is 9.13 Å². The molecule has 0 saturated carbocycles. The molecule has 0 bridgehead atoms. The molecule has 22 rings (SSSR count). The van der Waals surface area contributed by atoms with Gasteiger partial charge in [-0.05, 0) is 239 Å². The van der Waals surface area contributed by atoms with Crippen molar-refractivity contribution in [2.24, 2.45) is 0 Å². The van der Waals surface area contributed by atoms with Crippen molar-refractivity contribution in [1.29, 1.82) is 0 Å². The Balaban J connectivity index is 0.000000164. The van der Waals surface area contributed by atoms with E-state index in [9.17, 15) is 0 Å². The second-order valence-electron chi connectivity index (χ2n) is 30.8. The van der Waals surface area contributed by atoms with Gasteiger partial charge in [-0.25, -0.2) is 0 Å². The van der Waals surface area contributed by atoms with Gasteiger partial charge in [-0.15, -0.1) is 0 Å². The minimum absolute atomic E-state index is 0.0904. The average Bonchev–Trinajstić information content (AvgIpc) is 1.53. The fraction of sp³-hybridized carbons (Fsp3) is 0. The van der Waals surface area contributed by atoms with Crippen molar-refractivity contribution in [3.63, 3.8) is 0 Å². The molecule has 0 atom stereocenters. The molecule has 2 heterocycles. The van der Waals surface area contributed by atoms with E-state index in [4.69, 9.17) is 13.7 Å². The lowest BCUT2D eigenvalue weighted by molar-refractivity contribution is 1.18.